The lowest BCUT2D eigenvalue weighted by Gasteiger charge is -2.34. The first-order chi connectivity index (χ1) is 13.4. The molecule has 1 aromatic carbocycles. The fourth-order valence-electron chi connectivity index (χ4n) is 3.31. The van der Waals surface area contributed by atoms with E-state index in [0.29, 0.717) is 12.5 Å². The van der Waals surface area contributed by atoms with E-state index in [-0.39, 0.29) is 29.7 Å². The molecule has 1 aromatic rings. The van der Waals surface area contributed by atoms with Gasteiger partial charge < -0.3 is 24.8 Å². The number of benzene rings is 1. The van der Waals surface area contributed by atoms with Gasteiger partial charge in [0.2, 0.25) is 0 Å². The minimum Gasteiger partial charge on any atom is -0.435 e. The number of halogens is 3. The van der Waals surface area contributed by atoms with Crippen LogP contribution in [0.2, 0.25) is 0 Å². The average molecular weight is 525 g/mol. The van der Waals surface area contributed by atoms with Crippen LogP contribution >= 0.6 is 24.0 Å². The largest absolute Gasteiger partial charge is 0.435 e. The smallest absolute Gasteiger partial charge is 0.387 e. The highest BCUT2D eigenvalue weighted by Crippen LogP contribution is 2.15. The molecule has 0 spiro atoms. The van der Waals surface area contributed by atoms with Gasteiger partial charge in [0.25, 0.3) is 0 Å². The van der Waals surface area contributed by atoms with Gasteiger partial charge in [-0.2, -0.15) is 8.78 Å². The summed E-state index contributed by atoms with van der Waals surface area (Å²) in [5.41, 5.74) is 0.998. The van der Waals surface area contributed by atoms with E-state index < -0.39 is 6.61 Å². The number of hydrogen-bond acceptors (Lipinski definition) is 4. The van der Waals surface area contributed by atoms with Crippen molar-refractivity contribution in [3.05, 3.63) is 29.8 Å². The number of ether oxygens (including phenoxy) is 1. The van der Waals surface area contributed by atoms with Gasteiger partial charge in [0, 0.05) is 59.9 Å². The number of likely N-dealkylation sites (N-methyl/N-ethyl adjacent to an activating group) is 1. The van der Waals surface area contributed by atoms with Crippen LogP contribution in [-0.4, -0.2) is 87.7 Å². The van der Waals surface area contributed by atoms with Crippen molar-refractivity contribution in [2.24, 2.45) is 10.9 Å². The zero-order valence-electron chi connectivity index (χ0n) is 17.8. The van der Waals surface area contributed by atoms with E-state index in [1.165, 1.54) is 0 Å². The molecule has 0 aliphatic carbocycles. The highest BCUT2D eigenvalue weighted by Gasteiger charge is 2.16. The standard InChI is InChI=1S/C20H33F2N5O.HI/c1-16(14-27-11-9-25(3)10-12-27)13-24-20(23-2)26(4)15-17-5-7-18(8-6-17)28-19(21)22;/h5-8,16,19H,9-15H2,1-4H3,(H,23,24);1H. The maximum absolute atomic E-state index is 12.2. The summed E-state index contributed by atoms with van der Waals surface area (Å²) < 4.78 is 28.9. The maximum atomic E-state index is 12.2. The Hall–Kier alpha value is -1.20. The number of piperazine rings is 1. The van der Waals surface area contributed by atoms with E-state index in [2.05, 4.69) is 38.8 Å². The van der Waals surface area contributed by atoms with Gasteiger partial charge in [0.1, 0.15) is 5.75 Å². The van der Waals surface area contributed by atoms with Crippen LogP contribution in [0, 0.1) is 5.92 Å². The first-order valence-corrected chi connectivity index (χ1v) is 9.73. The van der Waals surface area contributed by atoms with Crippen LogP contribution in [0.15, 0.2) is 29.3 Å². The van der Waals surface area contributed by atoms with Gasteiger partial charge in [-0.15, -0.1) is 24.0 Å². The third-order valence-electron chi connectivity index (χ3n) is 4.92. The number of alkyl halides is 2. The average Bonchev–Trinajstić information content (AvgIpc) is 2.65. The first kappa shape index (κ1) is 25.8. The predicted molar refractivity (Wildman–Crippen MR) is 124 cm³/mol. The lowest BCUT2D eigenvalue weighted by Crippen LogP contribution is -2.47. The van der Waals surface area contributed by atoms with Crippen LogP contribution in [0.5, 0.6) is 5.75 Å². The Morgan fingerprint density at radius 2 is 1.83 bits per heavy atom. The van der Waals surface area contributed by atoms with E-state index in [1.54, 1.807) is 31.3 Å². The van der Waals surface area contributed by atoms with Crippen LogP contribution in [0.4, 0.5) is 8.78 Å². The molecule has 0 amide bonds. The van der Waals surface area contributed by atoms with Crippen molar-refractivity contribution >= 4 is 29.9 Å². The van der Waals surface area contributed by atoms with Gasteiger partial charge in [-0.25, -0.2) is 0 Å². The van der Waals surface area contributed by atoms with Crippen LogP contribution in [0.25, 0.3) is 0 Å². The third-order valence-corrected chi connectivity index (χ3v) is 4.92. The quantitative estimate of drug-likeness (QED) is 0.322. The van der Waals surface area contributed by atoms with Gasteiger partial charge in [-0.1, -0.05) is 19.1 Å². The minimum absolute atomic E-state index is 0. The zero-order valence-corrected chi connectivity index (χ0v) is 20.1. The van der Waals surface area contributed by atoms with Crippen molar-refractivity contribution in [2.75, 3.05) is 60.4 Å². The number of nitrogens with one attached hydrogen (secondary N) is 1. The van der Waals surface area contributed by atoms with Crippen LogP contribution in [0.1, 0.15) is 12.5 Å². The summed E-state index contributed by atoms with van der Waals surface area (Å²) in [6.45, 7) is 6.52. The van der Waals surface area contributed by atoms with Gasteiger partial charge >= 0.3 is 6.61 Å². The predicted octanol–water partition coefficient (Wildman–Crippen LogP) is 2.80. The second-order valence-electron chi connectivity index (χ2n) is 7.52. The van der Waals surface area contributed by atoms with E-state index >= 15 is 0 Å². The van der Waals surface area contributed by atoms with Gasteiger partial charge in [-0.05, 0) is 30.7 Å². The Balaban J connectivity index is 0.00000420. The fourth-order valence-corrected chi connectivity index (χ4v) is 3.31. The van der Waals surface area contributed by atoms with Crippen LogP contribution < -0.4 is 10.1 Å². The third kappa shape index (κ3) is 9.43. The molecule has 1 N–H and O–H groups in total. The molecule has 1 aliphatic heterocycles. The molecule has 1 aliphatic rings. The summed E-state index contributed by atoms with van der Waals surface area (Å²) in [6.07, 6.45) is 0. The molecule has 1 atom stereocenters. The normalized spacial score (nSPS) is 17.0. The molecule has 29 heavy (non-hydrogen) atoms. The summed E-state index contributed by atoms with van der Waals surface area (Å²) in [6, 6.07) is 6.70. The molecular formula is C20H34F2IN5O. The molecule has 0 aromatic heterocycles. The van der Waals surface area contributed by atoms with Crippen molar-refractivity contribution < 1.29 is 13.5 Å². The van der Waals surface area contributed by atoms with Gasteiger partial charge in [-0.3, -0.25) is 4.99 Å². The second-order valence-corrected chi connectivity index (χ2v) is 7.52. The lowest BCUT2D eigenvalue weighted by molar-refractivity contribution is -0.0498. The molecular weight excluding hydrogens is 491 g/mol. The molecule has 0 saturated carbocycles. The summed E-state index contributed by atoms with van der Waals surface area (Å²) in [5.74, 6) is 1.50. The lowest BCUT2D eigenvalue weighted by atomic mass is 10.1. The fraction of sp³-hybridized carbons (Fsp3) is 0.650. The van der Waals surface area contributed by atoms with Crippen molar-refractivity contribution in [3.63, 3.8) is 0 Å². The molecule has 9 heteroatoms. The molecule has 1 unspecified atom stereocenters. The minimum atomic E-state index is -2.80. The number of aliphatic imine (C=N–C) groups is 1. The highest BCUT2D eigenvalue weighted by molar-refractivity contribution is 14.0. The first-order valence-electron chi connectivity index (χ1n) is 9.73. The Morgan fingerprint density at radius 1 is 1.21 bits per heavy atom. The van der Waals surface area contributed by atoms with E-state index in [1.807, 2.05) is 11.9 Å². The number of rotatable bonds is 8. The Kier molecular flexibility index (Phi) is 11.7. The number of hydrogen-bond donors (Lipinski definition) is 1. The van der Waals surface area contributed by atoms with Crippen LogP contribution in [-0.2, 0) is 6.54 Å². The molecule has 2 rings (SSSR count). The van der Waals surface area contributed by atoms with Crippen LogP contribution in [0.3, 0.4) is 0 Å². The van der Waals surface area contributed by atoms with E-state index in [4.69, 9.17) is 0 Å². The molecule has 1 fully saturated rings. The molecule has 6 nitrogen and oxygen atoms in total. The summed E-state index contributed by atoms with van der Waals surface area (Å²) in [5, 5.41) is 3.44. The van der Waals surface area contributed by atoms with Gasteiger partial charge in [0.05, 0.1) is 0 Å². The van der Waals surface area contributed by atoms with Crippen molar-refractivity contribution in [2.45, 2.75) is 20.1 Å². The Bertz CT molecular complexity index is 609. The monoisotopic (exact) mass is 525 g/mol. The Labute approximate surface area is 190 Å². The molecule has 0 radical (unpaired) electrons. The molecule has 166 valence electrons. The number of nitrogens with zero attached hydrogens (tertiary/aromatic N) is 4. The van der Waals surface area contributed by atoms with E-state index in [0.717, 1.165) is 50.8 Å². The van der Waals surface area contributed by atoms with E-state index in [9.17, 15) is 8.78 Å². The maximum Gasteiger partial charge on any atom is 0.387 e. The zero-order chi connectivity index (χ0) is 20.5. The van der Waals surface area contributed by atoms with Crippen molar-refractivity contribution in [1.29, 1.82) is 0 Å². The van der Waals surface area contributed by atoms with Gasteiger partial charge in [0.15, 0.2) is 5.96 Å². The highest BCUT2D eigenvalue weighted by atomic mass is 127. The molecule has 1 heterocycles. The topological polar surface area (TPSA) is 43.3 Å². The summed E-state index contributed by atoms with van der Waals surface area (Å²) in [4.78, 5) is 11.3. The summed E-state index contributed by atoms with van der Waals surface area (Å²) >= 11 is 0. The number of guanidine groups is 1. The van der Waals surface area contributed by atoms with Crippen molar-refractivity contribution in [1.82, 2.24) is 20.0 Å². The summed E-state index contributed by atoms with van der Waals surface area (Å²) in [7, 11) is 5.90. The SMILES string of the molecule is CN=C(NCC(C)CN1CCN(C)CC1)N(C)Cc1ccc(OC(F)F)cc1.I. The molecule has 0 bridgehead atoms. The second kappa shape index (κ2) is 13.2. The van der Waals surface area contributed by atoms with Crippen molar-refractivity contribution in [3.8, 4) is 5.75 Å². The Morgan fingerprint density at radius 3 is 2.38 bits per heavy atom. The molecule has 1 saturated heterocycles.